The molecule has 0 radical (unpaired) electrons. The second-order valence-electron chi connectivity index (χ2n) is 3.25. The van der Waals surface area contributed by atoms with Gasteiger partial charge in [-0.05, 0) is 37.2 Å². The number of rotatable bonds is 4. The van der Waals surface area contributed by atoms with Gasteiger partial charge in [-0.3, -0.25) is 0 Å². The Morgan fingerprint density at radius 2 is 2.18 bits per heavy atom. The fraction of sp³-hybridized carbons (Fsp3) is 0.778. The molecule has 1 rings (SSSR count). The van der Waals surface area contributed by atoms with Crippen LogP contribution < -0.4 is 0 Å². The summed E-state index contributed by atoms with van der Waals surface area (Å²) in [5.41, 5.74) is 0. The fourth-order valence-electron chi connectivity index (χ4n) is 1.47. The highest BCUT2D eigenvalue weighted by Crippen LogP contribution is 2.40. The van der Waals surface area contributed by atoms with Crippen molar-refractivity contribution in [2.45, 2.75) is 32.6 Å². The lowest BCUT2D eigenvalue weighted by Gasteiger charge is -2.07. The Morgan fingerprint density at radius 1 is 1.55 bits per heavy atom. The summed E-state index contributed by atoms with van der Waals surface area (Å²) in [6.07, 6.45) is 3.85. The molecule has 0 spiro atoms. The largest absolute Gasteiger partial charge is 0.266 e. The summed E-state index contributed by atoms with van der Waals surface area (Å²) in [5, 5.41) is 0. The van der Waals surface area contributed by atoms with E-state index in [0.29, 0.717) is 5.92 Å². The van der Waals surface area contributed by atoms with E-state index >= 15 is 0 Å². The maximum atomic E-state index is 11.9. The van der Waals surface area contributed by atoms with Crippen LogP contribution >= 0.6 is 0 Å². The maximum absolute atomic E-state index is 11.9. The summed E-state index contributed by atoms with van der Waals surface area (Å²) in [6, 6.07) is 0. The Hall–Kier alpha value is -0.400. The van der Waals surface area contributed by atoms with Gasteiger partial charge in [0.25, 0.3) is 6.08 Å². The monoisotopic (exact) mass is 160 g/mol. The summed E-state index contributed by atoms with van der Waals surface area (Å²) in [6.45, 7) is 2.04. The molecule has 1 aliphatic rings. The van der Waals surface area contributed by atoms with E-state index in [1.807, 2.05) is 6.92 Å². The van der Waals surface area contributed by atoms with Crippen LogP contribution in [0.1, 0.15) is 32.6 Å². The van der Waals surface area contributed by atoms with E-state index in [0.717, 1.165) is 31.8 Å². The normalized spacial score (nSPS) is 19.5. The van der Waals surface area contributed by atoms with Crippen LogP contribution in [-0.2, 0) is 0 Å². The van der Waals surface area contributed by atoms with Crippen LogP contribution in [0, 0.1) is 11.8 Å². The van der Waals surface area contributed by atoms with Gasteiger partial charge in [-0.15, -0.1) is 0 Å². The molecule has 0 bridgehead atoms. The Labute approximate surface area is 66.3 Å². The third-order valence-electron chi connectivity index (χ3n) is 2.19. The molecule has 0 aliphatic heterocycles. The quantitative estimate of drug-likeness (QED) is 0.589. The molecule has 64 valence electrons. The van der Waals surface area contributed by atoms with Crippen LogP contribution in [0.4, 0.5) is 8.78 Å². The second-order valence-corrected chi connectivity index (χ2v) is 3.25. The molecule has 0 amide bonds. The predicted molar refractivity (Wildman–Crippen MR) is 41.4 cm³/mol. The first-order chi connectivity index (χ1) is 5.24. The van der Waals surface area contributed by atoms with Gasteiger partial charge in [0.15, 0.2) is 0 Å². The molecule has 0 nitrogen and oxygen atoms in total. The molecule has 0 heterocycles. The zero-order valence-corrected chi connectivity index (χ0v) is 6.82. The highest BCUT2D eigenvalue weighted by Gasteiger charge is 2.29. The molecular weight excluding hydrogens is 146 g/mol. The SMILES string of the molecule is CCCC(C=C(F)F)C1CC1. The van der Waals surface area contributed by atoms with E-state index in [-0.39, 0.29) is 5.92 Å². The lowest BCUT2D eigenvalue weighted by Crippen LogP contribution is -1.98. The van der Waals surface area contributed by atoms with Crippen LogP contribution in [0.15, 0.2) is 12.2 Å². The smallest absolute Gasteiger partial charge is 0.174 e. The lowest BCUT2D eigenvalue weighted by atomic mass is 9.98. The average molecular weight is 160 g/mol. The number of allylic oxidation sites excluding steroid dienone is 1. The van der Waals surface area contributed by atoms with Gasteiger partial charge >= 0.3 is 0 Å². The van der Waals surface area contributed by atoms with Crippen LogP contribution in [0.3, 0.4) is 0 Å². The van der Waals surface area contributed by atoms with Gasteiger partial charge < -0.3 is 0 Å². The molecule has 1 aliphatic carbocycles. The Morgan fingerprint density at radius 3 is 2.55 bits per heavy atom. The molecule has 0 aromatic carbocycles. The molecule has 1 unspecified atom stereocenters. The first-order valence-corrected chi connectivity index (χ1v) is 4.27. The third-order valence-corrected chi connectivity index (χ3v) is 2.19. The summed E-state index contributed by atoms with van der Waals surface area (Å²) in [7, 11) is 0. The molecule has 1 atom stereocenters. The lowest BCUT2D eigenvalue weighted by molar-refractivity contribution is 0.396. The Bertz CT molecular complexity index is 144. The van der Waals surface area contributed by atoms with Crippen molar-refractivity contribution in [3.05, 3.63) is 12.2 Å². The summed E-state index contributed by atoms with van der Waals surface area (Å²) in [4.78, 5) is 0. The van der Waals surface area contributed by atoms with E-state index in [1.165, 1.54) is 0 Å². The molecule has 0 aromatic rings. The molecule has 11 heavy (non-hydrogen) atoms. The molecule has 1 saturated carbocycles. The first kappa shape index (κ1) is 8.69. The molecular formula is C9H14F2. The Balaban J connectivity index is 2.38. The maximum Gasteiger partial charge on any atom is 0.266 e. The molecule has 0 aromatic heterocycles. The third kappa shape index (κ3) is 3.00. The van der Waals surface area contributed by atoms with E-state index in [4.69, 9.17) is 0 Å². The van der Waals surface area contributed by atoms with Crippen molar-refractivity contribution < 1.29 is 8.78 Å². The average Bonchev–Trinajstić information content (AvgIpc) is 2.66. The fourth-order valence-corrected chi connectivity index (χ4v) is 1.47. The number of hydrogen-bond acceptors (Lipinski definition) is 0. The van der Waals surface area contributed by atoms with Gasteiger partial charge in [0.2, 0.25) is 0 Å². The summed E-state index contributed by atoms with van der Waals surface area (Å²) < 4.78 is 23.7. The number of halogens is 2. The molecule has 0 saturated heterocycles. The minimum absolute atomic E-state index is 0.157. The topological polar surface area (TPSA) is 0 Å². The zero-order valence-electron chi connectivity index (χ0n) is 6.82. The second kappa shape index (κ2) is 3.84. The van der Waals surface area contributed by atoms with Crippen LogP contribution in [-0.4, -0.2) is 0 Å². The minimum Gasteiger partial charge on any atom is -0.174 e. The zero-order chi connectivity index (χ0) is 8.27. The molecule has 2 heteroatoms. The molecule has 1 fully saturated rings. The van der Waals surface area contributed by atoms with Crippen molar-refractivity contribution in [3.63, 3.8) is 0 Å². The van der Waals surface area contributed by atoms with Gasteiger partial charge in [-0.1, -0.05) is 13.3 Å². The number of hydrogen-bond donors (Lipinski definition) is 0. The van der Waals surface area contributed by atoms with Crippen LogP contribution in [0.25, 0.3) is 0 Å². The van der Waals surface area contributed by atoms with Gasteiger partial charge in [-0.2, -0.15) is 8.78 Å². The van der Waals surface area contributed by atoms with Crippen LogP contribution in [0.5, 0.6) is 0 Å². The summed E-state index contributed by atoms with van der Waals surface area (Å²) in [5.74, 6) is 0.724. The van der Waals surface area contributed by atoms with Crippen molar-refractivity contribution in [2.24, 2.45) is 11.8 Å². The van der Waals surface area contributed by atoms with Crippen molar-refractivity contribution in [1.29, 1.82) is 0 Å². The Kier molecular flexibility index (Phi) is 3.03. The van der Waals surface area contributed by atoms with Gasteiger partial charge in [0.05, 0.1) is 0 Å². The standard InChI is InChI=1S/C9H14F2/c1-2-3-8(6-9(10)11)7-4-5-7/h6-8H,2-5H2,1H3. The van der Waals surface area contributed by atoms with Crippen molar-refractivity contribution in [3.8, 4) is 0 Å². The van der Waals surface area contributed by atoms with E-state index in [1.54, 1.807) is 0 Å². The van der Waals surface area contributed by atoms with Crippen molar-refractivity contribution in [2.75, 3.05) is 0 Å². The minimum atomic E-state index is -1.50. The highest BCUT2D eigenvalue weighted by atomic mass is 19.3. The highest BCUT2D eigenvalue weighted by molar-refractivity contribution is 4.95. The first-order valence-electron chi connectivity index (χ1n) is 4.27. The van der Waals surface area contributed by atoms with Gasteiger partial charge in [0, 0.05) is 0 Å². The van der Waals surface area contributed by atoms with Gasteiger partial charge in [-0.25, -0.2) is 0 Å². The van der Waals surface area contributed by atoms with Crippen molar-refractivity contribution in [1.82, 2.24) is 0 Å². The van der Waals surface area contributed by atoms with E-state index in [9.17, 15) is 8.78 Å². The van der Waals surface area contributed by atoms with Crippen LogP contribution in [0.2, 0.25) is 0 Å². The molecule has 0 N–H and O–H groups in total. The van der Waals surface area contributed by atoms with Crippen molar-refractivity contribution >= 4 is 0 Å². The van der Waals surface area contributed by atoms with Gasteiger partial charge in [0.1, 0.15) is 0 Å². The predicted octanol–water partition coefficient (Wildman–Crippen LogP) is 3.59. The summed E-state index contributed by atoms with van der Waals surface area (Å²) >= 11 is 0. The van der Waals surface area contributed by atoms with E-state index < -0.39 is 6.08 Å². The van der Waals surface area contributed by atoms with E-state index in [2.05, 4.69) is 0 Å².